The number of hydrogen-bond acceptors (Lipinski definition) is 6. The molecule has 0 spiro atoms. The molecular weight excluding hydrogens is 248 g/mol. The van der Waals surface area contributed by atoms with Crippen molar-refractivity contribution in [3.05, 3.63) is 35.8 Å². The first-order valence-electron chi connectivity index (χ1n) is 5.38. The molecule has 2 heterocycles. The topological polar surface area (TPSA) is 117 Å². The quantitative estimate of drug-likeness (QED) is 0.788. The number of carbonyl (C=O) groups is 1. The molecule has 2 N–H and O–H groups in total. The Morgan fingerprint density at radius 3 is 3.16 bits per heavy atom. The second-order valence-corrected chi connectivity index (χ2v) is 3.70. The standard InChI is InChI=1S/C11H10N6O2/c12-4-8-1-2-13-10(3-8)14-5-9-6-17(16-15-9)7-11(18)19/h1-3,6H,5,7H2,(H,13,14)(H,18,19). The third-order valence-electron chi connectivity index (χ3n) is 2.22. The molecule has 0 aliphatic carbocycles. The number of anilines is 1. The highest BCUT2D eigenvalue weighted by Crippen LogP contribution is 2.06. The average Bonchev–Trinajstić information content (AvgIpc) is 2.83. The molecule has 0 aliphatic rings. The molecule has 0 unspecified atom stereocenters. The molecule has 19 heavy (non-hydrogen) atoms. The van der Waals surface area contributed by atoms with Crippen molar-refractivity contribution in [3.8, 4) is 6.07 Å². The van der Waals surface area contributed by atoms with Crippen molar-refractivity contribution in [3.63, 3.8) is 0 Å². The van der Waals surface area contributed by atoms with Crippen molar-refractivity contribution in [2.24, 2.45) is 0 Å². The van der Waals surface area contributed by atoms with Crippen molar-refractivity contribution in [1.82, 2.24) is 20.0 Å². The lowest BCUT2D eigenvalue weighted by atomic mass is 10.3. The summed E-state index contributed by atoms with van der Waals surface area (Å²) < 4.78 is 1.23. The fraction of sp³-hybridized carbons (Fsp3) is 0.182. The number of carboxylic acid groups (broad SMARTS) is 1. The molecule has 0 bridgehead atoms. The predicted octanol–water partition coefficient (Wildman–Crippen LogP) is 0.241. The average molecular weight is 258 g/mol. The molecule has 96 valence electrons. The summed E-state index contributed by atoms with van der Waals surface area (Å²) in [4.78, 5) is 14.5. The van der Waals surface area contributed by atoms with Crippen LogP contribution in [0.15, 0.2) is 24.5 Å². The van der Waals surface area contributed by atoms with Gasteiger partial charge >= 0.3 is 5.97 Å². The lowest BCUT2D eigenvalue weighted by Gasteiger charge is -2.02. The molecule has 2 aromatic heterocycles. The Kier molecular flexibility index (Phi) is 3.68. The van der Waals surface area contributed by atoms with Crippen LogP contribution in [-0.4, -0.2) is 31.1 Å². The molecule has 0 aromatic carbocycles. The molecule has 0 saturated carbocycles. The third kappa shape index (κ3) is 3.50. The Hall–Kier alpha value is -2.95. The van der Waals surface area contributed by atoms with Crippen molar-refractivity contribution in [2.75, 3.05) is 5.32 Å². The summed E-state index contributed by atoms with van der Waals surface area (Å²) in [6, 6.07) is 5.23. The van der Waals surface area contributed by atoms with Gasteiger partial charge in [-0.2, -0.15) is 5.26 Å². The lowest BCUT2D eigenvalue weighted by Crippen LogP contribution is -2.09. The van der Waals surface area contributed by atoms with Crippen LogP contribution in [0.4, 0.5) is 5.82 Å². The highest BCUT2D eigenvalue weighted by atomic mass is 16.4. The number of carboxylic acids is 1. The van der Waals surface area contributed by atoms with Gasteiger partial charge in [0.15, 0.2) is 0 Å². The molecule has 2 rings (SSSR count). The smallest absolute Gasteiger partial charge is 0.325 e. The SMILES string of the molecule is N#Cc1ccnc(NCc2cn(CC(=O)O)nn2)c1. The van der Waals surface area contributed by atoms with E-state index in [0.717, 1.165) is 0 Å². The monoisotopic (exact) mass is 258 g/mol. The van der Waals surface area contributed by atoms with Gasteiger partial charge in [0, 0.05) is 6.20 Å². The number of nitrogens with one attached hydrogen (secondary N) is 1. The highest BCUT2D eigenvalue weighted by Gasteiger charge is 2.04. The maximum Gasteiger partial charge on any atom is 0.325 e. The summed E-state index contributed by atoms with van der Waals surface area (Å²) in [7, 11) is 0. The van der Waals surface area contributed by atoms with Crippen molar-refractivity contribution < 1.29 is 9.90 Å². The number of hydrogen-bond donors (Lipinski definition) is 2. The summed E-state index contributed by atoms with van der Waals surface area (Å²) in [5.41, 5.74) is 1.09. The Morgan fingerprint density at radius 1 is 1.58 bits per heavy atom. The Balaban J connectivity index is 1.96. The van der Waals surface area contributed by atoms with E-state index in [-0.39, 0.29) is 6.54 Å². The molecule has 0 aliphatic heterocycles. The number of aromatic nitrogens is 4. The van der Waals surface area contributed by atoms with Gasteiger partial charge in [0.25, 0.3) is 0 Å². The second kappa shape index (κ2) is 5.59. The fourth-order valence-electron chi connectivity index (χ4n) is 1.41. The molecular formula is C11H10N6O2. The van der Waals surface area contributed by atoms with Crippen LogP contribution in [-0.2, 0) is 17.9 Å². The Morgan fingerprint density at radius 2 is 2.42 bits per heavy atom. The van der Waals surface area contributed by atoms with Crippen molar-refractivity contribution in [1.29, 1.82) is 5.26 Å². The summed E-state index contributed by atoms with van der Waals surface area (Å²) in [5, 5.41) is 27.8. The Bertz CT molecular complexity index is 630. The first kappa shape index (κ1) is 12.5. The van der Waals surface area contributed by atoms with Gasteiger partial charge < -0.3 is 10.4 Å². The molecule has 0 saturated heterocycles. The first-order chi connectivity index (χ1) is 9.17. The number of rotatable bonds is 5. The number of nitriles is 1. The zero-order valence-corrected chi connectivity index (χ0v) is 9.82. The normalized spacial score (nSPS) is 9.84. The van der Waals surface area contributed by atoms with E-state index < -0.39 is 5.97 Å². The minimum absolute atomic E-state index is 0.227. The van der Waals surface area contributed by atoms with E-state index >= 15 is 0 Å². The van der Waals surface area contributed by atoms with E-state index in [1.165, 1.54) is 17.1 Å². The van der Waals surface area contributed by atoms with Crippen LogP contribution in [0.5, 0.6) is 0 Å². The maximum atomic E-state index is 10.5. The van der Waals surface area contributed by atoms with Crippen LogP contribution in [0, 0.1) is 11.3 Å². The zero-order chi connectivity index (χ0) is 13.7. The van der Waals surface area contributed by atoms with E-state index in [9.17, 15) is 4.79 Å². The molecule has 8 heteroatoms. The van der Waals surface area contributed by atoms with Gasteiger partial charge in [-0.05, 0) is 12.1 Å². The minimum atomic E-state index is -0.979. The maximum absolute atomic E-state index is 10.5. The summed E-state index contributed by atoms with van der Waals surface area (Å²) in [5.74, 6) is -0.431. The fourth-order valence-corrected chi connectivity index (χ4v) is 1.41. The van der Waals surface area contributed by atoms with Gasteiger partial charge in [0.1, 0.15) is 18.1 Å². The van der Waals surface area contributed by atoms with Crippen molar-refractivity contribution in [2.45, 2.75) is 13.1 Å². The molecule has 0 amide bonds. The molecule has 0 radical (unpaired) electrons. The third-order valence-corrected chi connectivity index (χ3v) is 2.22. The minimum Gasteiger partial charge on any atom is -0.480 e. The summed E-state index contributed by atoms with van der Waals surface area (Å²) in [6.45, 7) is 0.122. The van der Waals surface area contributed by atoms with E-state index in [1.54, 1.807) is 12.1 Å². The van der Waals surface area contributed by atoms with Crippen LogP contribution >= 0.6 is 0 Å². The molecule has 0 atom stereocenters. The first-order valence-corrected chi connectivity index (χ1v) is 5.38. The van der Waals surface area contributed by atoms with Crippen LogP contribution in [0.1, 0.15) is 11.3 Å². The van der Waals surface area contributed by atoms with Crippen LogP contribution in [0.25, 0.3) is 0 Å². The van der Waals surface area contributed by atoms with Crippen molar-refractivity contribution >= 4 is 11.8 Å². The summed E-state index contributed by atoms with van der Waals surface area (Å²) >= 11 is 0. The second-order valence-electron chi connectivity index (χ2n) is 3.70. The lowest BCUT2D eigenvalue weighted by molar-refractivity contribution is -0.137. The largest absolute Gasteiger partial charge is 0.480 e. The van der Waals surface area contributed by atoms with Crippen LogP contribution in [0.2, 0.25) is 0 Å². The number of aliphatic carboxylic acids is 1. The summed E-state index contributed by atoms with van der Waals surface area (Å²) in [6.07, 6.45) is 3.07. The number of pyridine rings is 1. The molecule has 0 fully saturated rings. The molecule has 8 nitrogen and oxygen atoms in total. The van der Waals surface area contributed by atoms with Crippen LogP contribution < -0.4 is 5.32 Å². The van der Waals surface area contributed by atoms with Gasteiger partial charge in [0.2, 0.25) is 0 Å². The number of nitrogens with zero attached hydrogens (tertiary/aromatic N) is 5. The Labute approximate surface area is 108 Å². The van der Waals surface area contributed by atoms with Crippen LogP contribution in [0.3, 0.4) is 0 Å². The van der Waals surface area contributed by atoms with Gasteiger partial charge in [-0.15, -0.1) is 5.10 Å². The van der Waals surface area contributed by atoms with Gasteiger partial charge in [0.05, 0.1) is 24.4 Å². The highest BCUT2D eigenvalue weighted by molar-refractivity contribution is 5.66. The van der Waals surface area contributed by atoms with E-state index in [4.69, 9.17) is 10.4 Å². The van der Waals surface area contributed by atoms with E-state index in [0.29, 0.717) is 23.6 Å². The zero-order valence-electron chi connectivity index (χ0n) is 9.82. The molecule has 2 aromatic rings. The predicted molar refractivity (Wildman–Crippen MR) is 63.9 cm³/mol. The van der Waals surface area contributed by atoms with Gasteiger partial charge in [-0.1, -0.05) is 5.21 Å². The van der Waals surface area contributed by atoms with Gasteiger partial charge in [-0.3, -0.25) is 4.79 Å². The van der Waals surface area contributed by atoms with Gasteiger partial charge in [-0.25, -0.2) is 9.67 Å². The van der Waals surface area contributed by atoms with E-state index in [2.05, 4.69) is 20.6 Å². The van der Waals surface area contributed by atoms with E-state index in [1.807, 2.05) is 6.07 Å².